The third kappa shape index (κ3) is 1.62. The van der Waals surface area contributed by atoms with Crippen LogP contribution in [0.25, 0.3) is 22.4 Å². The van der Waals surface area contributed by atoms with Crippen LogP contribution < -0.4 is 5.73 Å². The number of nitrogens with two attached hydrogens (primary N) is 1. The summed E-state index contributed by atoms with van der Waals surface area (Å²) in [4.78, 5) is 11.9. The molecule has 0 fully saturated rings. The van der Waals surface area contributed by atoms with Gasteiger partial charge in [0.15, 0.2) is 0 Å². The molecule has 2 aromatic heterocycles. The maximum atomic E-state index is 6.13. The molecule has 0 bridgehead atoms. The lowest BCUT2D eigenvalue weighted by molar-refractivity contribution is 1.30. The average molecular weight is 238 g/mol. The van der Waals surface area contributed by atoms with Crippen LogP contribution in [0.2, 0.25) is 0 Å². The Morgan fingerprint density at radius 3 is 2.83 bits per heavy atom. The van der Waals surface area contributed by atoms with Gasteiger partial charge in [-0.2, -0.15) is 0 Å². The van der Waals surface area contributed by atoms with Gasteiger partial charge in [-0.1, -0.05) is 6.07 Å². The third-order valence-electron chi connectivity index (χ3n) is 3.07. The van der Waals surface area contributed by atoms with Crippen LogP contribution in [0.4, 0.5) is 5.69 Å². The number of anilines is 1. The first-order valence-corrected chi connectivity index (χ1v) is 5.82. The molecule has 0 unspecified atom stereocenters. The van der Waals surface area contributed by atoms with Gasteiger partial charge in [-0.15, -0.1) is 0 Å². The second-order valence-corrected chi connectivity index (χ2v) is 4.52. The lowest BCUT2D eigenvalue weighted by atomic mass is 10.0. The summed E-state index contributed by atoms with van der Waals surface area (Å²) in [5, 5.41) is 0. The topological polar surface area (TPSA) is 67.6 Å². The molecule has 0 atom stereocenters. The smallest absolute Gasteiger partial charge is 0.140 e. The van der Waals surface area contributed by atoms with E-state index in [2.05, 4.69) is 27.9 Å². The molecule has 0 saturated carbocycles. The summed E-state index contributed by atoms with van der Waals surface area (Å²) >= 11 is 0. The maximum Gasteiger partial charge on any atom is 0.140 e. The van der Waals surface area contributed by atoms with Crippen molar-refractivity contribution in [2.24, 2.45) is 0 Å². The number of rotatable bonds is 1. The summed E-state index contributed by atoms with van der Waals surface area (Å²) in [7, 11) is 0. The molecule has 0 saturated heterocycles. The van der Waals surface area contributed by atoms with E-state index in [1.807, 2.05) is 19.1 Å². The molecule has 1 aromatic carbocycles. The maximum absolute atomic E-state index is 6.13. The standard InChI is InChI=1S/C14H14N4/c1-8-5-9(2)13(15)10(6-8)14-17-11-3-4-16-7-12(11)18-14/h3-7H,15H2,1-2H3,(H,17,18). The van der Waals surface area contributed by atoms with Crippen LogP contribution in [0.5, 0.6) is 0 Å². The monoisotopic (exact) mass is 238 g/mol. The molecule has 3 rings (SSSR count). The van der Waals surface area contributed by atoms with E-state index >= 15 is 0 Å². The average Bonchev–Trinajstić information content (AvgIpc) is 2.77. The number of pyridine rings is 1. The van der Waals surface area contributed by atoms with E-state index in [9.17, 15) is 0 Å². The van der Waals surface area contributed by atoms with Gasteiger partial charge in [0, 0.05) is 17.4 Å². The van der Waals surface area contributed by atoms with E-state index in [0.717, 1.165) is 33.7 Å². The Bertz CT molecular complexity index is 695. The van der Waals surface area contributed by atoms with Crippen LogP contribution in [0.3, 0.4) is 0 Å². The van der Waals surface area contributed by atoms with Crippen LogP contribution >= 0.6 is 0 Å². The van der Waals surface area contributed by atoms with Gasteiger partial charge in [-0.3, -0.25) is 4.98 Å². The number of H-pyrrole nitrogens is 1. The molecule has 90 valence electrons. The summed E-state index contributed by atoms with van der Waals surface area (Å²) in [6.07, 6.45) is 3.50. The first-order chi connectivity index (χ1) is 8.65. The van der Waals surface area contributed by atoms with Gasteiger partial charge in [0.2, 0.25) is 0 Å². The number of benzene rings is 1. The highest BCUT2D eigenvalue weighted by Gasteiger charge is 2.10. The lowest BCUT2D eigenvalue weighted by Crippen LogP contribution is -1.95. The fourth-order valence-electron chi connectivity index (χ4n) is 2.16. The molecule has 4 nitrogen and oxygen atoms in total. The van der Waals surface area contributed by atoms with E-state index in [1.165, 1.54) is 5.56 Å². The fraction of sp³-hybridized carbons (Fsp3) is 0.143. The van der Waals surface area contributed by atoms with Crippen LogP contribution in [-0.2, 0) is 0 Å². The molecule has 0 amide bonds. The first-order valence-electron chi connectivity index (χ1n) is 5.82. The number of imidazole rings is 1. The highest BCUT2D eigenvalue weighted by Crippen LogP contribution is 2.29. The zero-order chi connectivity index (χ0) is 12.7. The minimum atomic E-state index is 0.771. The fourth-order valence-corrected chi connectivity index (χ4v) is 2.16. The van der Waals surface area contributed by atoms with Gasteiger partial charge in [0.1, 0.15) is 5.82 Å². The molecule has 3 N–H and O–H groups in total. The molecular formula is C14H14N4. The molecule has 0 aliphatic heterocycles. The number of aryl methyl sites for hydroxylation is 2. The number of nitrogens with one attached hydrogen (secondary N) is 1. The second kappa shape index (κ2) is 3.84. The normalized spacial score (nSPS) is 11.0. The number of aromatic nitrogens is 3. The zero-order valence-electron chi connectivity index (χ0n) is 10.4. The first kappa shape index (κ1) is 10.8. The van der Waals surface area contributed by atoms with Crippen molar-refractivity contribution in [1.29, 1.82) is 0 Å². The van der Waals surface area contributed by atoms with E-state index in [0.29, 0.717) is 0 Å². The number of fused-ring (bicyclic) bond motifs is 1. The number of hydrogen-bond donors (Lipinski definition) is 2. The van der Waals surface area contributed by atoms with Gasteiger partial charge < -0.3 is 10.7 Å². The minimum Gasteiger partial charge on any atom is -0.398 e. The minimum absolute atomic E-state index is 0.771. The Labute approximate surface area is 105 Å². The highest BCUT2D eigenvalue weighted by molar-refractivity contribution is 5.82. The third-order valence-corrected chi connectivity index (χ3v) is 3.07. The van der Waals surface area contributed by atoms with Gasteiger partial charge in [-0.25, -0.2) is 4.98 Å². The Morgan fingerprint density at radius 1 is 1.22 bits per heavy atom. The molecule has 18 heavy (non-hydrogen) atoms. The van der Waals surface area contributed by atoms with E-state index in [-0.39, 0.29) is 0 Å². The quantitative estimate of drug-likeness (QED) is 0.640. The van der Waals surface area contributed by atoms with Crippen molar-refractivity contribution < 1.29 is 0 Å². The Morgan fingerprint density at radius 2 is 2.06 bits per heavy atom. The Hall–Kier alpha value is -2.36. The Balaban J connectivity index is 2.26. The molecule has 0 aliphatic rings. The van der Waals surface area contributed by atoms with Crippen molar-refractivity contribution in [2.75, 3.05) is 5.73 Å². The second-order valence-electron chi connectivity index (χ2n) is 4.52. The number of aromatic amines is 1. The summed E-state index contributed by atoms with van der Waals surface area (Å²) in [6, 6.07) is 6.00. The van der Waals surface area contributed by atoms with Gasteiger partial charge in [0.05, 0.1) is 17.2 Å². The van der Waals surface area contributed by atoms with Crippen molar-refractivity contribution in [2.45, 2.75) is 13.8 Å². The summed E-state index contributed by atoms with van der Waals surface area (Å²) < 4.78 is 0. The van der Waals surface area contributed by atoms with Crippen molar-refractivity contribution >= 4 is 16.7 Å². The number of hydrogen-bond acceptors (Lipinski definition) is 3. The lowest BCUT2D eigenvalue weighted by Gasteiger charge is -2.07. The predicted octanol–water partition coefficient (Wildman–Crippen LogP) is 2.82. The van der Waals surface area contributed by atoms with Gasteiger partial charge >= 0.3 is 0 Å². The van der Waals surface area contributed by atoms with E-state index in [1.54, 1.807) is 12.4 Å². The van der Waals surface area contributed by atoms with Crippen molar-refractivity contribution in [3.8, 4) is 11.4 Å². The van der Waals surface area contributed by atoms with Crippen LogP contribution in [0, 0.1) is 13.8 Å². The van der Waals surface area contributed by atoms with Crippen LogP contribution in [0.15, 0.2) is 30.6 Å². The molecular weight excluding hydrogens is 224 g/mol. The molecule has 0 spiro atoms. The molecule has 2 heterocycles. The largest absolute Gasteiger partial charge is 0.398 e. The van der Waals surface area contributed by atoms with E-state index in [4.69, 9.17) is 5.73 Å². The molecule has 0 radical (unpaired) electrons. The van der Waals surface area contributed by atoms with Gasteiger partial charge in [-0.05, 0) is 37.1 Å². The molecule has 0 aliphatic carbocycles. The van der Waals surface area contributed by atoms with Crippen molar-refractivity contribution in [3.63, 3.8) is 0 Å². The van der Waals surface area contributed by atoms with Crippen LogP contribution in [0.1, 0.15) is 11.1 Å². The van der Waals surface area contributed by atoms with Gasteiger partial charge in [0.25, 0.3) is 0 Å². The van der Waals surface area contributed by atoms with Crippen LogP contribution in [-0.4, -0.2) is 15.0 Å². The highest BCUT2D eigenvalue weighted by atomic mass is 14.9. The zero-order valence-corrected chi connectivity index (χ0v) is 10.4. The predicted molar refractivity (Wildman–Crippen MR) is 73.2 cm³/mol. The summed E-state index contributed by atoms with van der Waals surface area (Å²) in [5.41, 5.74) is 11.9. The summed E-state index contributed by atoms with van der Waals surface area (Å²) in [5.74, 6) is 0.794. The SMILES string of the molecule is Cc1cc(C)c(N)c(-c2nc3ccncc3[nH]2)c1. The number of nitrogens with zero attached hydrogens (tertiary/aromatic N) is 2. The molecule has 3 aromatic rings. The Kier molecular flexibility index (Phi) is 2.30. The summed E-state index contributed by atoms with van der Waals surface area (Å²) in [6.45, 7) is 4.07. The number of nitrogen functional groups attached to an aromatic ring is 1. The molecule has 4 heteroatoms. The van der Waals surface area contributed by atoms with Crippen molar-refractivity contribution in [1.82, 2.24) is 15.0 Å². The van der Waals surface area contributed by atoms with Crippen molar-refractivity contribution in [3.05, 3.63) is 41.7 Å². The van der Waals surface area contributed by atoms with E-state index < -0.39 is 0 Å².